The summed E-state index contributed by atoms with van der Waals surface area (Å²) in [5, 5.41) is 5.97. The van der Waals surface area contributed by atoms with Crippen LogP contribution in [0.25, 0.3) is 0 Å². The normalized spacial score (nSPS) is 14.1. The minimum absolute atomic E-state index is 0.149. The van der Waals surface area contributed by atoms with Crippen LogP contribution in [0.3, 0.4) is 0 Å². The maximum atomic E-state index is 13.0. The zero-order valence-electron chi connectivity index (χ0n) is 22.2. The van der Waals surface area contributed by atoms with Crippen molar-refractivity contribution in [2.24, 2.45) is 0 Å². The van der Waals surface area contributed by atoms with E-state index in [1.54, 1.807) is 48.5 Å². The van der Waals surface area contributed by atoms with Crippen LogP contribution in [0.1, 0.15) is 69.5 Å². The van der Waals surface area contributed by atoms with E-state index in [2.05, 4.69) is 10.6 Å². The number of rotatable bonds is 8. The molecule has 3 aromatic carbocycles. The van der Waals surface area contributed by atoms with Gasteiger partial charge in [0.05, 0.1) is 29.7 Å². The van der Waals surface area contributed by atoms with E-state index in [4.69, 9.17) is 0 Å². The smallest absolute Gasteiger partial charge is 0.255 e. The molecule has 1 aliphatic carbocycles. The van der Waals surface area contributed by atoms with Crippen LogP contribution in [0, 0.1) is 13.8 Å². The van der Waals surface area contributed by atoms with Crippen molar-refractivity contribution in [2.45, 2.75) is 58.5 Å². The third-order valence-electron chi connectivity index (χ3n) is 6.99. The molecule has 0 radical (unpaired) electrons. The minimum atomic E-state index is -3.54. The fourth-order valence-corrected chi connectivity index (χ4v) is 5.99. The predicted molar refractivity (Wildman–Crippen MR) is 152 cm³/mol. The molecule has 0 bridgehead atoms. The number of nitrogens with zero attached hydrogens (tertiary/aromatic N) is 1. The maximum absolute atomic E-state index is 13.0. The molecule has 200 valence electrons. The van der Waals surface area contributed by atoms with E-state index in [-0.39, 0.29) is 24.4 Å². The number of nitrogens with one attached hydrogen (secondary N) is 2. The summed E-state index contributed by atoms with van der Waals surface area (Å²) in [7, 11) is -3.54. The Morgan fingerprint density at radius 2 is 1.47 bits per heavy atom. The zero-order valence-corrected chi connectivity index (χ0v) is 23.0. The topological polar surface area (TPSA) is 95.6 Å². The number of carbonyl (C=O) groups is 2. The van der Waals surface area contributed by atoms with Crippen molar-refractivity contribution >= 4 is 33.2 Å². The maximum Gasteiger partial charge on any atom is 0.255 e. The Labute approximate surface area is 225 Å². The van der Waals surface area contributed by atoms with Crippen LogP contribution in [-0.4, -0.2) is 32.5 Å². The molecule has 1 aliphatic rings. The number of carbonyl (C=O) groups excluding carboxylic acids is 2. The van der Waals surface area contributed by atoms with Crippen LogP contribution in [0.5, 0.6) is 0 Å². The Kier molecular flexibility index (Phi) is 8.52. The van der Waals surface area contributed by atoms with Crippen LogP contribution in [-0.2, 0) is 16.6 Å². The molecule has 0 spiro atoms. The number of amides is 2. The molecule has 0 aromatic heterocycles. The van der Waals surface area contributed by atoms with Crippen molar-refractivity contribution in [3.63, 3.8) is 0 Å². The molecule has 0 atom stereocenters. The van der Waals surface area contributed by atoms with E-state index < -0.39 is 10.0 Å². The predicted octanol–water partition coefficient (Wildman–Crippen LogP) is 5.58. The Morgan fingerprint density at radius 1 is 0.842 bits per heavy atom. The minimum Gasteiger partial charge on any atom is -0.349 e. The molecule has 7 nitrogen and oxygen atoms in total. The van der Waals surface area contributed by atoms with Gasteiger partial charge in [0.15, 0.2) is 0 Å². The SMILES string of the molecule is Cc1cccc(C)c1N(Cc1ccc(C(=O)Nc2ccccc2C(=O)NC2CCCCC2)cc1)S(C)(=O)=O. The zero-order chi connectivity index (χ0) is 27.3. The third-order valence-corrected chi connectivity index (χ3v) is 8.10. The lowest BCUT2D eigenvalue weighted by Gasteiger charge is -2.26. The first-order valence-electron chi connectivity index (χ1n) is 13.0. The quantitative estimate of drug-likeness (QED) is 0.395. The molecule has 8 heteroatoms. The first kappa shape index (κ1) is 27.4. The third kappa shape index (κ3) is 6.61. The molecule has 0 aliphatic heterocycles. The van der Waals surface area contributed by atoms with Gasteiger partial charge in [-0.3, -0.25) is 13.9 Å². The molecule has 1 fully saturated rings. The number of benzene rings is 3. The summed E-state index contributed by atoms with van der Waals surface area (Å²) in [6.07, 6.45) is 6.59. The standard InChI is InChI=1S/C30H35N3O4S/c1-21-10-9-11-22(2)28(21)33(38(3,36)37)20-23-16-18-24(19-17-23)29(34)32-27-15-8-7-14-26(27)30(35)31-25-12-5-4-6-13-25/h7-11,14-19,25H,4-6,12-13,20H2,1-3H3,(H,31,35)(H,32,34). The lowest BCUT2D eigenvalue weighted by Crippen LogP contribution is -2.36. The number of para-hydroxylation sites is 2. The number of aryl methyl sites for hydroxylation is 2. The second kappa shape index (κ2) is 11.8. The molecule has 3 aromatic rings. The Bertz CT molecular complexity index is 1390. The van der Waals surface area contributed by atoms with Crippen molar-refractivity contribution in [1.29, 1.82) is 0 Å². The van der Waals surface area contributed by atoms with Gasteiger partial charge in [-0.1, -0.05) is 61.7 Å². The monoisotopic (exact) mass is 533 g/mol. The van der Waals surface area contributed by atoms with Crippen LogP contribution in [0.2, 0.25) is 0 Å². The highest BCUT2D eigenvalue weighted by atomic mass is 32.2. The molecule has 38 heavy (non-hydrogen) atoms. The molecule has 0 heterocycles. The van der Waals surface area contributed by atoms with E-state index >= 15 is 0 Å². The molecule has 0 saturated heterocycles. The number of anilines is 2. The van der Waals surface area contributed by atoms with Gasteiger partial charge in [0, 0.05) is 11.6 Å². The molecule has 4 rings (SSSR count). The Morgan fingerprint density at radius 3 is 2.11 bits per heavy atom. The summed E-state index contributed by atoms with van der Waals surface area (Å²) < 4.78 is 26.7. The van der Waals surface area contributed by atoms with Gasteiger partial charge in [0.2, 0.25) is 10.0 Å². The van der Waals surface area contributed by atoms with Crippen LogP contribution in [0.4, 0.5) is 11.4 Å². The van der Waals surface area contributed by atoms with E-state index in [1.807, 2.05) is 32.0 Å². The fourth-order valence-electron chi connectivity index (χ4n) is 4.98. The van der Waals surface area contributed by atoms with E-state index in [1.165, 1.54) is 17.0 Å². The Balaban J connectivity index is 1.48. The van der Waals surface area contributed by atoms with Crippen molar-refractivity contribution in [3.05, 3.63) is 94.5 Å². The van der Waals surface area contributed by atoms with Gasteiger partial charge < -0.3 is 10.6 Å². The summed E-state index contributed by atoms with van der Waals surface area (Å²) in [5.41, 5.74) is 4.46. The molecule has 1 saturated carbocycles. The van der Waals surface area contributed by atoms with Gasteiger partial charge >= 0.3 is 0 Å². The molecule has 0 unspecified atom stereocenters. The van der Waals surface area contributed by atoms with Gasteiger partial charge in [-0.2, -0.15) is 0 Å². The molecular weight excluding hydrogens is 498 g/mol. The highest BCUT2D eigenvalue weighted by Gasteiger charge is 2.22. The number of sulfonamides is 1. The molecule has 2 N–H and O–H groups in total. The van der Waals surface area contributed by atoms with E-state index in [9.17, 15) is 18.0 Å². The summed E-state index contributed by atoms with van der Waals surface area (Å²) >= 11 is 0. The largest absolute Gasteiger partial charge is 0.349 e. The van der Waals surface area contributed by atoms with Crippen LogP contribution >= 0.6 is 0 Å². The highest BCUT2D eigenvalue weighted by molar-refractivity contribution is 7.92. The average Bonchev–Trinajstić information content (AvgIpc) is 2.88. The van der Waals surface area contributed by atoms with Gasteiger partial charge in [-0.15, -0.1) is 0 Å². The van der Waals surface area contributed by atoms with Crippen molar-refractivity contribution in [2.75, 3.05) is 15.9 Å². The van der Waals surface area contributed by atoms with Crippen molar-refractivity contribution in [1.82, 2.24) is 5.32 Å². The summed E-state index contributed by atoms with van der Waals surface area (Å²) in [6.45, 7) is 3.93. The van der Waals surface area contributed by atoms with Crippen LogP contribution in [0.15, 0.2) is 66.7 Å². The summed E-state index contributed by atoms with van der Waals surface area (Å²) in [4.78, 5) is 26.0. The Hall–Kier alpha value is -3.65. The van der Waals surface area contributed by atoms with E-state index in [0.29, 0.717) is 22.5 Å². The second-order valence-electron chi connectivity index (χ2n) is 10.0. The van der Waals surface area contributed by atoms with Crippen LogP contribution < -0.4 is 14.9 Å². The number of hydrogen-bond acceptors (Lipinski definition) is 4. The van der Waals surface area contributed by atoms with Crippen molar-refractivity contribution in [3.8, 4) is 0 Å². The lowest BCUT2D eigenvalue weighted by molar-refractivity contribution is 0.0928. The second-order valence-corrected chi connectivity index (χ2v) is 11.9. The molecule has 2 amide bonds. The first-order chi connectivity index (χ1) is 18.1. The number of hydrogen-bond donors (Lipinski definition) is 2. The summed E-state index contributed by atoms with van der Waals surface area (Å²) in [6, 6.07) is 19.7. The lowest BCUT2D eigenvalue weighted by atomic mass is 9.95. The van der Waals surface area contributed by atoms with Gasteiger partial charge in [0.25, 0.3) is 11.8 Å². The van der Waals surface area contributed by atoms with Gasteiger partial charge in [-0.05, 0) is 67.6 Å². The van der Waals surface area contributed by atoms with Gasteiger partial charge in [-0.25, -0.2) is 8.42 Å². The fraction of sp³-hybridized carbons (Fsp3) is 0.333. The van der Waals surface area contributed by atoms with E-state index in [0.717, 1.165) is 42.4 Å². The first-order valence-corrected chi connectivity index (χ1v) is 14.8. The van der Waals surface area contributed by atoms with Crippen molar-refractivity contribution < 1.29 is 18.0 Å². The highest BCUT2D eigenvalue weighted by Crippen LogP contribution is 2.28. The van der Waals surface area contributed by atoms with Gasteiger partial charge in [0.1, 0.15) is 0 Å². The summed E-state index contributed by atoms with van der Waals surface area (Å²) in [5.74, 6) is -0.528. The molecular formula is C30H35N3O4S. The average molecular weight is 534 g/mol.